The highest BCUT2D eigenvalue weighted by Gasteiger charge is 1.99. The lowest BCUT2D eigenvalue weighted by atomic mass is 10.2. The molecule has 0 radical (unpaired) electrons. The van der Waals surface area contributed by atoms with E-state index in [1.54, 1.807) is 18.5 Å². The van der Waals surface area contributed by atoms with Gasteiger partial charge in [-0.05, 0) is 19.1 Å². The zero-order valence-corrected chi connectivity index (χ0v) is 11.8. The number of anilines is 1. The maximum atomic E-state index is 5.57. The molecule has 0 fully saturated rings. The molecule has 0 aliphatic carbocycles. The Kier molecular flexibility index (Phi) is 8.10. The van der Waals surface area contributed by atoms with Crippen molar-refractivity contribution in [1.82, 2.24) is 15.0 Å². The number of nitrogen functional groups attached to an aromatic ring is 1. The minimum atomic E-state index is 0.503. The quantitative estimate of drug-likeness (QED) is 0.836. The van der Waals surface area contributed by atoms with Gasteiger partial charge in [0.25, 0.3) is 0 Å². The Morgan fingerprint density at radius 2 is 1.50 bits per heavy atom. The molecular weight excluding hydrogens is 224 g/mol. The number of rotatable bonds is 1. The van der Waals surface area contributed by atoms with Crippen LogP contribution in [0.5, 0.6) is 0 Å². The standard InChI is InChI=1S/C10H10N4.2C2H6/c1-7-12-5-8(6-13-7)9-3-2-4-10(11)14-9;2*1-2/h2-6H,1H3,(H2,11,14);2*1-2H3. The van der Waals surface area contributed by atoms with E-state index in [1.165, 1.54) is 0 Å². The summed E-state index contributed by atoms with van der Waals surface area (Å²) in [6.07, 6.45) is 3.48. The van der Waals surface area contributed by atoms with Gasteiger partial charge in [0.05, 0.1) is 5.69 Å². The molecule has 0 saturated heterocycles. The van der Waals surface area contributed by atoms with Gasteiger partial charge in [0.1, 0.15) is 11.6 Å². The average Bonchev–Trinajstić information content (AvgIpc) is 2.44. The van der Waals surface area contributed by atoms with Crippen molar-refractivity contribution in [3.63, 3.8) is 0 Å². The van der Waals surface area contributed by atoms with Crippen LogP contribution >= 0.6 is 0 Å². The normalized spacial score (nSPS) is 8.50. The van der Waals surface area contributed by atoms with E-state index < -0.39 is 0 Å². The molecule has 2 aromatic rings. The summed E-state index contributed by atoms with van der Waals surface area (Å²) < 4.78 is 0. The zero-order valence-electron chi connectivity index (χ0n) is 11.8. The van der Waals surface area contributed by atoms with Crippen LogP contribution in [0.15, 0.2) is 30.6 Å². The number of nitrogens with two attached hydrogens (primary N) is 1. The Hall–Kier alpha value is -1.97. The second-order valence-electron chi connectivity index (χ2n) is 2.97. The second kappa shape index (κ2) is 9.10. The lowest BCUT2D eigenvalue weighted by Crippen LogP contribution is -1.93. The highest BCUT2D eigenvalue weighted by Crippen LogP contribution is 2.15. The largest absolute Gasteiger partial charge is 0.384 e. The molecule has 0 aromatic carbocycles. The van der Waals surface area contributed by atoms with Gasteiger partial charge in [0.15, 0.2) is 0 Å². The van der Waals surface area contributed by atoms with Gasteiger partial charge in [-0.15, -0.1) is 0 Å². The molecule has 0 atom stereocenters. The van der Waals surface area contributed by atoms with Crippen molar-refractivity contribution in [3.05, 3.63) is 36.4 Å². The summed E-state index contributed by atoms with van der Waals surface area (Å²) in [7, 11) is 0. The predicted molar refractivity (Wildman–Crippen MR) is 77.1 cm³/mol. The predicted octanol–water partition coefficient (Wildman–Crippen LogP) is 3.48. The van der Waals surface area contributed by atoms with Crippen molar-refractivity contribution in [2.45, 2.75) is 34.6 Å². The van der Waals surface area contributed by atoms with Crippen molar-refractivity contribution < 1.29 is 0 Å². The molecule has 0 amide bonds. The van der Waals surface area contributed by atoms with Crippen molar-refractivity contribution in [1.29, 1.82) is 0 Å². The Bertz CT molecular complexity index is 438. The Balaban J connectivity index is 0.000000659. The lowest BCUT2D eigenvalue weighted by molar-refractivity contribution is 1.05. The van der Waals surface area contributed by atoms with Crippen LogP contribution in [0, 0.1) is 6.92 Å². The molecule has 2 heterocycles. The van der Waals surface area contributed by atoms with Gasteiger partial charge in [0.2, 0.25) is 0 Å². The van der Waals surface area contributed by atoms with E-state index in [2.05, 4.69) is 15.0 Å². The monoisotopic (exact) mass is 246 g/mol. The molecular formula is C14H22N4. The van der Waals surface area contributed by atoms with Crippen LogP contribution in [0.25, 0.3) is 11.3 Å². The van der Waals surface area contributed by atoms with E-state index in [0.29, 0.717) is 5.82 Å². The highest BCUT2D eigenvalue weighted by atomic mass is 14.9. The van der Waals surface area contributed by atoms with E-state index >= 15 is 0 Å². The van der Waals surface area contributed by atoms with Gasteiger partial charge >= 0.3 is 0 Å². The number of hydrogen-bond donors (Lipinski definition) is 1. The molecule has 98 valence electrons. The van der Waals surface area contributed by atoms with Crippen LogP contribution in [0.4, 0.5) is 5.82 Å². The van der Waals surface area contributed by atoms with Crippen LogP contribution in [-0.2, 0) is 0 Å². The minimum Gasteiger partial charge on any atom is -0.384 e. The molecule has 4 nitrogen and oxygen atoms in total. The van der Waals surface area contributed by atoms with Crippen LogP contribution in [0.2, 0.25) is 0 Å². The number of aromatic nitrogens is 3. The molecule has 0 aliphatic heterocycles. The van der Waals surface area contributed by atoms with Gasteiger partial charge < -0.3 is 5.73 Å². The first kappa shape index (κ1) is 16.0. The van der Waals surface area contributed by atoms with Gasteiger partial charge in [-0.25, -0.2) is 15.0 Å². The van der Waals surface area contributed by atoms with Crippen molar-refractivity contribution in [2.24, 2.45) is 0 Å². The molecule has 0 spiro atoms. The molecule has 0 unspecified atom stereocenters. The summed E-state index contributed by atoms with van der Waals surface area (Å²) in [5, 5.41) is 0. The fourth-order valence-corrected chi connectivity index (χ4v) is 1.14. The molecule has 2 rings (SSSR count). The fourth-order valence-electron chi connectivity index (χ4n) is 1.14. The van der Waals surface area contributed by atoms with Crippen LogP contribution in [0.1, 0.15) is 33.5 Å². The van der Waals surface area contributed by atoms with E-state index in [-0.39, 0.29) is 0 Å². The second-order valence-corrected chi connectivity index (χ2v) is 2.97. The van der Waals surface area contributed by atoms with Gasteiger partial charge in [-0.2, -0.15) is 0 Å². The third-order valence-corrected chi connectivity index (χ3v) is 1.85. The minimum absolute atomic E-state index is 0.503. The number of pyridine rings is 1. The SMILES string of the molecule is CC.CC.Cc1ncc(-c2cccc(N)n2)cn1. The molecule has 2 N–H and O–H groups in total. The van der Waals surface area contributed by atoms with Crippen molar-refractivity contribution in [3.8, 4) is 11.3 Å². The van der Waals surface area contributed by atoms with E-state index in [4.69, 9.17) is 5.73 Å². The molecule has 0 aliphatic rings. The van der Waals surface area contributed by atoms with Crippen LogP contribution in [0.3, 0.4) is 0 Å². The first-order chi connectivity index (χ1) is 8.75. The number of aryl methyl sites for hydroxylation is 1. The molecule has 0 bridgehead atoms. The maximum Gasteiger partial charge on any atom is 0.125 e. The van der Waals surface area contributed by atoms with Gasteiger partial charge in [-0.3, -0.25) is 0 Å². The van der Waals surface area contributed by atoms with Crippen LogP contribution in [-0.4, -0.2) is 15.0 Å². The van der Waals surface area contributed by atoms with Crippen LogP contribution < -0.4 is 5.73 Å². The van der Waals surface area contributed by atoms with Gasteiger partial charge in [0, 0.05) is 18.0 Å². The average molecular weight is 246 g/mol. The smallest absolute Gasteiger partial charge is 0.125 e. The summed E-state index contributed by atoms with van der Waals surface area (Å²) in [6.45, 7) is 9.84. The first-order valence-electron chi connectivity index (χ1n) is 6.27. The Labute approximate surface area is 109 Å². The topological polar surface area (TPSA) is 64.7 Å². The fraction of sp³-hybridized carbons (Fsp3) is 0.357. The summed E-state index contributed by atoms with van der Waals surface area (Å²) >= 11 is 0. The number of nitrogens with zero attached hydrogens (tertiary/aromatic N) is 3. The molecule has 18 heavy (non-hydrogen) atoms. The highest BCUT2D eigenvalue weighted by molar-refractivity contribution is 5.58. The summed E-state index contributed by atoms with van der Waals surface area (Å²) in [5.74, 6) is 1.25. The Morgan fingerprint density at radius 3 is 2.00 bits per heavy atom. The number of hydrogen-bond acceptors (Lipinski definition) is 4. The molecule has 2 aromatic heterocycles. The van der Waals surface area contributed by atoms with E-state index in [1.807, 2.05) is 46.8 Å². The third kappa shape index (κ3) is 4.91. The maximum absolute atomic E-state index is 5.57. The molecule has 4 heteroatoms. The van der Waals surface area contributed by atoms with Crippen molar-refractivity contribution >= 4 is 5.82 Å². The Morgan fingerprint density at radius 1 is 0.944 bits per heavy atom. The molecule has 0 saturated carbocycles. The summed E-state index contributed by atoms with van der Waals surface area (Å²) in [6, 6.07) is 5.49. The first-order valence-corrected chi connectivity index (χ1v) is 6.27. The van der Waals surface area contributed by atoms with E-state index in [0.717, 1.165) is 17.1 Å². The zero-order chi connectivity index (χ0) is 14.0. The van der Waals surface area contributed by atoms with Gasteiger partial charge in [-0.1, -0.05) is 33.8 Å². The summed E-state index contributed by atoms with van der Waals surface area (Å²) in [5.41, 5.74) is 7.25. The lowest BCUT2D eigenvalue weighted by Gasteiger charge is -2.00. The van der Waals surface area contributed by atoms with E-state index in [9.17, 15) is 0 Å². The third-order valence-electron chi connectivity index (χ3n) is 1.85. The van der Waals surface area contributed by atoms with Crippen molar-refractivity contribution in [2.75, 3.05) is 5.73 Å². The summed E-state index contributed by atoms with van der Waals surface area (Å²) in [4.78, 5) is 12.4.